The minimum absolute atomic E-state index is 0.352. The van der Waals surface area contributed by atoms with Crippen molar-refractivity contribution in [1.82, 2.24) is 14.7 Å². The molecule has 7 heteroatoms. The molecule has 0 spiro atoms. The molecule has 0 atom stereocenters. The first kappa shape index (κ1) is 21.2. The number of carbonyl (C=O) groups excluding carboxylic acids is 4. The van der Waals surface area contributed by atoms with Gasteiger partial charge < -0.3 is 4.90 Å². The molecule has 0 radical (unpaired) electrons. The van der Waals surface area contributed by atoms with Gasteiger partial charge in [0.25, 0.3) is 0 Å². The van der Waals surface area contributed by atoms with Crippen LogP contribution in [0.5, 0.6) is 0 Å². The van der Waals surface area contributed by atoms with Gasteiger partial charge >= 0.3 is 17.8 Å². The van der Waals surface area contributed by atoms with Crippen LogP contribution in [0.1, 0.15) is 25.0 Å². The summed E-state index contributed by atoms with van der Waals surface area (Å²) in [6.07, 6.45) is 0.637. The number of rotatable bonds is 8. The molecule has 0 N–H and O–H groups in total. The molecule has 0 bridgehead atoms. The van der Waals surface area contributed by atoms with Crippen molar-refractivity contribution >= 4 is 23.8 Å². The van der Waals surface area contributed by atoms with Crippen molar-refractivity contribution in [2.24, 2.45) is 0 Å². The van der Waals surface area contributed by atoms with Crippen LogP contribution < -0.4 is 0 Å². The Hall–Kier alpha value is -3.48. The van der Waals surface area contributed by atoms with Crippen molar-refractivity contribution < 1.29 is 19.2 Å². The summed E-state index contributed by atoms with van der Waals surface area (Å²) < 4.78 is 0. The predicted octanol–water partition coefficient (Wildman–Crippen LogP) is 2.46. The van der Waals surface area contributed by atoms with Gasteiger partial charge in [-0.05, 0) is 31.4 Å². The van der Waals surface area contributed by atoms with Crippen molar-refractivity contribution in [1.29, 1.82) is 0 Å². The number of carbonyl (C=O) groups is 4. The average Bonchev–Trinajstić information content (AvgIpc) is 2.95. The van der Waals surface area contributed by atoms with Crippen molar-refractivity contribution in [2.75, 3.05) is 13.1 Å². The molecule has 1 saturated heterocycles. The zero-order chi connectivity index (χ0) is 21.7. The van der Waals surface area contributed by atoms with Gasteiger partial charge in [0.2, 0.25) is 5.91 Å². The molecule has 1 aliphatic heterocycles. The molecule has 7 nitrogen and oxygen atoms in total. The third-order valence-corrected chi connectivity index (χ3v) is 4.98. The van der Waals surface area contributed by atoms with Gasteiger partial charge in [-0.2, -0.15) is 0 Å². The molecule has 2 aromatic carbocycles. The highest BCUT2D eigenvalue weighted by molar-refractivity contribution is 6.45. The first-order valence-electron chi connectivity index (χ1n) is 9.93. The Morgan fingerprint density at radius 1 is 0.867 bits per heavy atom. The summed E-state index contributed by atoms with van der Waals surface area (Å²) in [5, 5.41) is 0. The molecule has 30 heavy (non-hydrogen) atoms. The molecule has 156 valence electrons. The number of amides is 5. The van der Waals surface area contributed by atoms with E-state index in [1.54, 1.807) is 18.7 Å². The minimum Gasteiger partial charge on any atom is -0.336 e. The maximum atomic E-state index is 13.0. The molecule has 1 fully saturated rings. The van der Waals surface area contributed by atoms with E-state index in [2.05, 4.69) is 0 Å². The van der Waals surface area contributed by atoms with Gasteiger partial charge in [-0.25, -0.2) is 9.69 Å². The van der Waals surface area contributed by atoms with Gasteiger partial charge in [-0.15, -0.1) is 0 Å². The van der Waals surface area contributed by atoms with Gasteiger partial charge in [0.05, 0.1) is 0 Å². The molecule has 0 aliphatic carbocycles. The van der Waals surface area contributed by atoms with Gasteiger partial charge in [0.1, 0.15) is 6.54 Å². The zero-order valence-corrected chi connectivity index (χ0v) is 17.2. The Morgan fingerprint density at radius 2 is 1.43 bits per heavy atom. The van der Waals surface area contributed by atoms with E-state index >= 15 is 0 Å². The number of urea groups is 1. The lowest BCUT2D eigenvalue weighted by atomic mass is 10.1. The zero-order valence-electron chi connectivity index (χ0n) is 17.2. The lowest BCUT2D eigenvalue weighted by Gasteiger charge is -2.25. The lowest BCUT2D eigenvalue weighted by molar-refractivity contribution is -0.145. The maximum Gasteiger partial charge on any atom is 0.334 e. The summed E-state index contributed by atoms with van der Waals surface area (Å²) in [5.74, 6) is -2.22. The van der Waals surface area contributed by atoms with Crippen LogP contribution in [-0.2, 0) is 27.3 Å². The highest BCUT2D eigenvalue weighted by Gasteiger charge is 2.46. The van der Waals surface area contributed by atoms with Gasteiger partial charge in [-0.3, -0.25) is 19.3 Å². The van der Waals surface area contributed by atoms with Crippen molar-refractivity contribution in [2.45, 2.75) is 32.9 Å². The standard InChI is InChI=1S/C23H25N3O4/c1-17(2)26-22(29)21(28)25(23(26)30)16-20(27)24(15-19-11-7-4-8-12-19)14-13-18-9-5-3-6-10-18/h3-12,17H,13-16H2,1-2H3. The van der Waals surface area contributed by atoms with Crippen molar-refractivity contribution in [3.8, 4) is 0 Å². The molecule has 5 amide bonds. The van der Waals surface area contributed by atoms with Crippen molar-refractivity contribution in [3.63, 3.8) is 0 Å². The third-order valence-electron chi connectivity index (χ3n) is 4.98. The normalized spacial score (nSPS) is 14.0. The van der Waals surface area contributed by atoms with Crippen molar-refractivity contribution in [3.05, 3.63) is 71.8 Å². The SMILES string of the molecule is CC(C)N1C(=O)C(=O)N(CC(=O)N(CCc2ccccc2)Cc2ccccc2)C1=O. The van der Waals surface area contributed by atoms with Crippen LogP contribution in [0.25, 0.3) is 0 Å². The minimum atomic E-state index is -0.954. The molecule has 2 aromatic rings. The quantitative estimate of drug-likeness (QED) is 0.497. The number of imide groups is 2. The smallest absolute Gasteiger partial charge is 0.334 e. The first-order chi connectivity index (χ1) is 14.4. The predicted molar refractivity (Wildman–Crippen MR) is 111 cm³/mol. The van der Waals surface area contributed by atoms with E-state index in [4.69, 9.17) is 0 Å². The van der Waals surface area contributed by atoms with Crippen LogP contribution in [0.15, 0.2) is 60.7 Å². The lowest BCUT2D eigenvalue weighted by Crippen LogP contribution is -2.44. The van der Waals surface area contributed by atoms with Crippen LogP contribution in [0.3, 0.4) is 0 Å². The third kappa shape index (κ3) is 4.74. The Bertz CT molecular complexity index is 928. The van der Waals surface area contributed by atoms with E-state index in [9.17, 15) is 19.2 Å². The van der Waals surface area contributed by atoms with E-state index in [1.807, 2.05) is 60.7 Å². The number of hydrogen-bond acceptors (Lipinski definition) is 4. The average molecular weight is 407 g/mol. The van der Waals surface area contributed by atoms with Crippen LogP contribution in [-0.4, -0.2) is 57.6 Å². The molecule has 1 aliphatic rings. The molecular formula is C23H25N3O4. The van der Waals surface area contributed by atoms with Crippen LogP contribution >= 0.6 is 0 Å². The van der Waals surface area contributed by atoms with E-state index in [-0.39, 0.29) is 5.91 Å². The van der Waals surface area contributed by atoms with Crippen LogP contribution in [0.4, 0.5) is 4.79 Å². The maximum absolute atomic E-state index is 13.0. The monoisotopic (exact) mass is 407 g/mol. The van der Waals surface area contributed by atoms with Crippen LogP contribution in [0, 0.1) is 0 Å². The topological polar surface area (TPSA) is 78.0 Å². The summed E-state index contributed by atoms with van der Waals surface area (Å²) in [4.78, 5) is 53.2. The Balaban J connectivity index is 1.75. The summed E-state index contributed by atoms with van der Waals surface area (Å²) in [5.41, 5.74) is 2.02. The summed E-state index contributed by atoms with van der Waals surface area (Å²) in [6.45, 7) is 3.63. The fraction of sp³-hybridized carbons (Fsp3) is 0.304. The van der Waals surface area contributed by atoms with E-state index in [0.717, 1.165) is 20.9 Å². The van der Waals surface area contributed by atoms with E-state index < -0.39 is 30.4 Å². The Labute approximate surface area is 175 Å². The molecule has 0 saturated carbocycles. The van der Waals surface area contributed by atoms with E-state index in [1.165, 1.54) is 0 Å². The Kier molecular flexibility index (Phi) is 6.61. The first-order valence-corrected chi connectivity index (χ1v) is 9.93. The molecular weight excluding hydrogens is 382 g/mol. The second kappa shape index (κ2) is 9.35. The van der Waals surface area contributed by atoms with Gasteiger partial charge in [0.15, 0.2) is 0 Å². The van der Waals surface area contributed by atoms with Crippen LogP contribution in [0.2, 0.25) is 0 Å². The summed E-state index contributed by atoms with van der Waals surface area (Å²) in [6, 6.07) is 18.1. The fourth-order valence-corrected chi connectivity index (χ4v) is 3.36. The fourth-order valence-electron chi connectivity index (χ4n) is 3.36. The molecule has 0 unspecified atom stereocenters. The largest absolute Gasteiger partial charge is 0.336 e. The second-order valence-electron chi connectivity index (χ2n) is 7.48. The highest BCUT2D eigenvalue weighted by atomic mass is 16.2. The van der Waals surface area contributed by atoms with Gasteiger partial charge in [0, 0.05) is 19.1 Å². The number of benzene rings is 2. The second-order valence-corrected chi connectivity index (χ2v) is 7.48. The number of nitrogens with zero attached hydrogens (tertiary/aromatic N) is 3. The molecule has 3 rings (SSSR count). The highest BCUT2D eigenvalue weighted by Crippen LogP contribution is 2.16. The Morgan fingerprint density at radius 3 is 1.97 bits per heavy atom. The van der Waals surface area contributed by atoms with E-state index in [0.29, 0.717) is 19.5 Å². The summed E-state index contributed by atoms with van der Waals surface area (Å²) in [7, 11) is 0. The van der Waals surface area contributed by atoms with Gasteiger partial charge in [-0.1, -0.05) is 60.7 Å². The number of hydrogen-bond donors (Lipinski definition) is 0. The molecule has 0 aromatic heterocycles. The summed E-state index contributed by atoms with van der Waals surface area (Å²) >= 11 is 0. The molecule has 1 heterocycles.